The third kappa shape index (κ3) is 69.3. The normalized spacial score (nSPS) is 12.6. The lowest BCUT2D eigenvalue weighted by molar-refractivity contribution is -0.167. The Morgan fingerprint density at radius 1 is 0.241 bits per heavy atom. The SMILES string of the molecule is CCCCC/C=C\C/C=C\C/C=C\CCCCCCCCC(=O)OCC(COC(=O)CCCCCCCCCCCC/C=C\C/C=C\C/C=C\CCCCCCC)OC(=O)CCCCCCCCCCC/C=C\CCCCCCCCCC. The predicted octanol–water partition coefficient (Wildman–Crippen LogP) is 25.0. The summed E-state index contributed by atoms with van der Waals surface area (Å²) in [5.41, 5.74) is 0. The first-order valence-corrected chi connectivity index (χ1v) is 36.1. The smallest absolute Gasteiger partial charge is 0.306 e. The second-order valence-corrected chi connectivity index (χ2v) is 24.1. The van der Waals surface area contributed by atoms with Gasteiger partial charge < -0.3 is 14.2 Å². The van der Waals surface area contributed by atoms with Crippen LogP contribution in [0.5, 0.6) is 0 Å². The Bertz CT molecular complexity index is 1570. The molecular formula is C77H136O6. The highest BCUT2D eigenvalue weighted by atomic mass is 16.6. The van der Waals surface area contributed by atoms with Crippen LogP contribution in [0.2, 0.25) is 0 Å². The number of hydrogen-bond acceptors (Lipinski definition) is 6. The average molecular weight is 1160 g/mol. The maximum atomic E-state index is 13.0. The van der Waals surface area contributed by atoms with Gasteiger partial charge in [-0.3, -0.25) is 14.4 Å². The van der Waals surface area contributed by atoms with Gasteiger partial charge in [-0.05, 0) is 122 Å². The van der Waals surface area contributed by atoms with Gasteiger partial charge in [-0.25, -0.2) is 0 Å². The highest BCUT2D eigenvalue weighted by Crippen LogP contribution is 2.17. The van der Waals surface area contributed by atoms with Crippen LogP contribution >= 0.6 is 0 Å². The standard InChI is InChI=1S/C77H136O6/c1-4-7-10-13-16-19-22-25-28-31-34-36-37-38-39-41-43-46-49-52-55-58-61-64-67-70-76(79)82-73-74(72-81-75(78)69-66-63-60-57-54-51-48-45-42-33-30-27-24-21-18-15-12-9-6-3)83-77(80)71-68-65-62-59-56-53-50-47-44-40-35-32-29-26-23-20-17-14-11-8-5-2/h18,21-22,25,27,30-32,34-35,37-38,42,45,74H,4-17,19-20,23-24,26,28-29,33,36,39-41,43-44,46-73H2,1-3H3/b21-18-,25-22-,30-27-,34-31-,35-32-,38-37-,45-42-. The van der Waals surface area contributed by atoms with E-state index >= 15 is 0 Å². The van der Waals surface area contributed by atoms with Gasteiger partial charge in [-0.15, -0.1) is 0 Å². The van der Waals surface area contributed by atoms with Gasteiger partial charge in [0, 0.05) is 19.3 Å². The lowest BCUT2D eigenvalue weighted by atomic mass is 10.0. The molecule has 0 aliphatic rings. The highest BCUT2D eigenvalue weighted by molar-refractivity contribution is 5.71. The lowest BCUT2D eigenvalue weighted by Crippen LogP contribution is -2.30. The van der Waals surface area contributed by atoms with Crippen LogP contribution in [0.1, 0.15) is 367 Å². The summed E-state index contributed by atoms with van der Waals surface area (Å²) in [7, 11) is 0. The molecule has 480 valence electrons. The molecular weight excluding hydrogens is 1020 g/mol. The number of hydrogen-bond donors (Lipinski definition) is 0. The zero-order chi connectivity index (χ0) is 59.9. The molecule has 0 bridgehead atoms. The number of ether oxygens (including phenoxy) is 3. The Morgan fingerprint density at radius 3 is 0.711 bits per heavy atom. The van der Waals surface area contributed by atoms with Gasteiger partial charge in [-0.2, -0.15) is 0 Å². The molecule has 1 unspecified atom stereocenters. The van der Waals surface area contributed by atoms with Crippen molar-refractivity contribution in [3.63, 3.8) is 0 Å². The molecule has 0 fully saturated rings. The van der Waals surface area contributed by atoms with Crippen molar-refractivity contribution < 1.29 is 28.6 Å². The van der Waals surface area contributed by atoms with Gasteiger partial charge in [0.05, 0.1) is 0 Å². The van der Waals surface area contributed by atoms with Crippen LogP contribution in [0.25, 0.3) is 0 Å². The minimum atomic E-state index is -0.788. The van der Waals surface area contributed by atoms with Crippen molar-refractivity contribution in [2.75, 3.05) is 13.2 Å². The maximum absolute atomic E-state index is 13.0. The summed E-state index contributed by atoms with van der Waals surface area (Å²) in [5.74, 6) is -0.882. The molecule has 83 heavy (non-hydrogen) atoms. The third-order valence-electron chi connectivity index (χ3n) is 15.8. The van der Waals surface area contributed by atoms with Crippen LogP contribution in [0.3, 0.4) is 0 Å². The molecule has 0 rings (SSSR count). The summed E-state index contributed by atoms with van der Waals surface area (Å²) in [5, 5.41) is 0. The summed E-state index contributed by atoms with van der Waals surface area (Å²) in [6.07, 6.45) is 94.5. The van der Waals surface area contributed by atoms with E-state index in [1.807, 2.05) is 0 Å². The zero-order valence-electron chi connectivity index (χ0n) is 55.2. The Hall–Kier alpha value is -3.41. The van der Waals surface area contributed by atoms with Crippen molar-refractivity contribution in [3.05, 3.63) is 85.1 Å². The molecule has 6 heteroatoms. The quantitative estimate of drug-likeness (QED) is 0.0261. The van der Waals surface area contributed by atoms with Crippen LogP contribution in [-0.4, -0.2) is 37.2 Å². The fourth-order valence-corrected chi connectivity index (χ4v) is 10.4. The molecule has 0 saturated carbocycles. The van der Waals surface area contributed by atoms with E-state index < -0.39 is 6.10 Å². The average Bonchev–Trinajstić information content (AvgIpc) is 3.49. The van der Waals surface area contributed by atoms with E-state index in [9.17, 15) is 14.4 Å². The fraction of sp³-hybridized carbons (Fsp3) is 0.779. The number of carbonyl (C=O) groups is 3. The molecule has 1 atom stereocenters. The summed E-state index contributed by atoms with van der Waals surface area (Å²) >= 11 is 0. The molecule has 0 aromatic heterocycles. The van der Waals surface area contributed by atoms with Crippen LogP contribution in [0.4, 0.5) is 0 Å². The second kappa shape index (κ2) is 71.1. The third-order valence-corrected chi connectivity index (χ3v) is 15.8. The summed E-state index contributed by atoms with van der Waals surface area (Å²) in [4.78, 5) is 38.5. The summed E-state index contributed by atoms with van der Waals surface area (Å²) < 4.78 is 17.0. The molecule has 0 aromatic rings. The largest absolute Gasteiger partial charge is 0.462 e. The molecule has 0 N–H and O–H groups in total. The Kier molecular flexibility index (Phi) is 68.2. The first-order valence-electron chi connectivity index (χ1n) is 36.1. The minimum absolute atomic E-state index is 0.0821. The molecule has 0 heterocycles. The molecule has 0 aliphatic heterocycles. The van der Waals surface area contributed by atoms with Gasteiger partial charge in [0.25, 0.3) is 0 Å². The van der Waals surface area contributed by atoms with Crippen molar-refractivity contribution in [2.24, 2.45) is 0 Å². The number of unbranched alkanes of at least 4 members (excludes halogenated alkanes) is 41. The van der Waals surface area contributed by atoms with E-state index in [2.05, 4.69) is 106 Å². The van der Waals surface area contributed by atoms with E-state index in [0.717, 1.165) is 89.9 Å². The van der Waals surface area contributed by atoms with E-state index in [1.54, 1.807) is 0 Å². The molecule has 0 aliphatic carbocycles. The first-order chi connectivity index (χ1) is 41.0. The number of allylic oxidation sites excluding steroid dienone is 14. The van der Waals surface area contributed by atoms with Gasteiger partial charge >= 0.3 is 17.9 Å². The molecule has 0 saturated heterocycles. The topological polar surface area (TPSA) is 78.9 Å². The van der Waals surface area contributed by atoms with Crippen molar-refractivity contribution in [2.45, 2.75) is 374 Å². The molecule has 0 amide bonds. The van der Waals surface area contributed by atoms with Crippen LogP contribution in [0, 0.1) is 0 Å². The predicted molar refractivity (Wildman–Crippen MR) is 362 cm³/mol. The fourth-order valence-electron chi connectivity index (χ4n) is 10.4. The Morgan fingerprint density at radius 2 is 0.434 bits per heavy atom. The lowest BCUT2D eigenvalue weighted by Gasteiger charge is -2.18. The van der Waals surface area contributed by atoms with Gasteiger partial charge in [0.1, 0.15) is 13.2 Å². The van der Waals surface area contributed by atoms with Gasteiger partial charge in [0.15, 0.2) is 6.10 Å². The Labute approximate surface area is 515 Å². The monoisotopic (exact) mass is 1160 g/mol. The molecule has 6 nitrogen and oxygen atoms in total. The van der Waals surface area contributed by atoms with Crippen LogP contribution in [-0.2, 0) is 28.6 Å². The van der Waals surface area contributed by atoms with E-state index in [0.29, 0.717) is 19.3 Å². The number of rotatable bonds is 66. The van der Waals surface area contributed by atoms with E-state index in [-0.39, 0.29) is 31.1 Å². The van der Waals surface area contributed by atoms with Crippen molar-refractivity contribution in [3.8, 4) is 0 Å². The van der Waals surface area contributed by atoms with Crippen molar-refractivity contribution >= 4 is 17.9 Å². The van der Waals surface area contributed by atoms with Crippen molar-refractivity contribution in [1.29, 1.82) is 0 Å². The van der Waals surface area contributed by atoms with Crippen LogP contribution < -0.4 is 0 Å². The minimum Gasteiger partial charge on any atom is -0.462 e. The van der Waals surface area contributed by atoms with E-state index in [4.69, 9.17) is 14.2 Å². The number of carbonyl (C=O) groups excluding carboxylic acids is 3. The summed E-state index contributed by atoms with van der Waals surface area (Å²) in [6, 6.07) is 0. The number of esters is 3. The molecule has 0 spiro atoms. The van der Waals surface area contributed by atoms with Gasteiger partial charge in [-0.1, -0.05) is 311 Å². The molecule has 0 aromatic carbocycles. The highest BCUT2D eigenvalue weighted by Gasteiger charge is 2.19. The Balaban J connectivity index is 4.38. The van der Waals surface area contributed by atoms with Crippen LogP contribution in [0.15, 0.2) is 85.1 Å². The summed E-state index contributed by atoms with van der Waals surface area (Å²) in [6.45, 7) is 6.64. The van der Waals surface area contributed by atoms with E-state index in [1.165, 1.54) is 238 Å². The maximum Gasteiger partial charge on any atom is 0.306 e. The van der Waals surface area contributed by atoms with Gasteiger partial charge in [0.2, 0.25) is 0 Å². The molecule has 0 radical (unpaired) electrons. The first kappa shape index (κ1) is 79.6. The second-order valence-electron chi connectivity index (χ2n) is 24.1. The van der Waals surface area contributed by atoms with Crippen molar-refractivity contribution in [1.82, 2.24) is 0 Å². The zero-order valence-corrected chi connectivity index (χ0v) is 55.2.